The number of para-hydroxylation sites is 2. The summed E-state index contributed by atoms with van der Waals surface area (Å²) in [6.45, 7) is 3.59. The Hall–Kier alpha value is -1.94. The number of hydrogen-bond donors (Lipinski definition) is 1. The van der Waals surface area contributed by atoms with Crippen molar-refractivity contribution in [1.29, 1.82) is 0 Å². The molecule has 2 N–H and O–H groups in total. The summed E-state index contributed by atoms with van der Waals surface area (Å²) >= 11 is 0. The Balaban J connectivity index is 2.24. The first kappa shape index (κ1) is 12.5. The number of aryl methyl sites for hydroxylation is 1. The van der Waals surface area contributed by atoms with Crippen LogP contribution < -0.4 is 5.73 Å². The normalized spacial score (nSPS) is 12.6. The summed E-state index contributed by atoms with van der Waals surface area (Å²) < 4.78 is 1.94. The van der Waals surface area contributed by atoms with Crippen LogP contribution in [0.2, 0.25) is 0 Å². The largest absolute Gasteiger partial charge is 0.331 e. The molecule has 0 spiro atoms. The van der Waals surface area contributed by atoms with Gasteiger partial charge in [0.05, 0.1) is 23.5 Å². The summed E-state index contributed by atoms with van der Waals surface area (Å²) in [4.78, 5) is 16.4. The van der Waals surface area contributed by atoms with Gasteiger partial charge in [0.1, 0.15) is 5.82 Å². The number of fused-ring (bicyclic) bond motifs is 1. The summed E-state index contributed by atoms with van der Waals surface area (Å²) in [5.74, 6) is 0.744. The van der Waals surface area contributed by atoms with E-state index in [-0.39, 0.29) is 12.2 Å². The monoisotopic (exact) mass is 243 g/mol. The molecule has 0 saturated carbocycles. The number of Topliss-reactive ketones (excluding diaryl/α,β-unsaturated/α-hetero) is 1. The fourth-order valence-corrected chi connectivity index (χ4v) is 1.95. The van der Waals surface area contributed by atoms with Crippen LogP contribution in [-0.2, 0) is 18.3 Å². The highest BCUT2D eigenvalue weighted by Crippen LogP contribution is 2.15. The number of aromatic nitrogens is 2. The van der Waals surface area contributed by atoms with Gasteiger partial charge in [0.25, 0.3) is 0 Å². The van der Waals surface area contributed by atoms with Crippen LogP contribution in [0.25, 0.3) is 11.0 Å². The van der Waals surface area contributed by atoms with Gasteiger partial charge < -0.3 is 10.3 Å². The zero-order chi connectivity index (χ0) is 13.1. The lowest BCUT2D eigenvalue weighted by atomic mass is 10.1. The first-order chi connectivity index (χ1) is 8.63. The van der Waals surface area contributed by atoms with Crippen molar-refractivity contribution < 1.29 is 4.79 Å². The molecule has 1 heterocycles. The average molecular weight is 243 g/mol. The van der Waals surface area contributed by atoms with Gasteiger partial charge in [0, 0.05) is 7.05 Å². The topological polar surface area (TPSA) is 60.9 Å². The van der Waals surface area contributed by atoms with Crippen molar-refractivity contribution in [1.82, 2.24) is 9.55 Å². The Morgan fingerprint density at radius 1 is 1.56 bits per heavy atom. The van der Waals surface area contributed by atoms with Crippen molar-refractivity contribution in [2.24, 2.45) is 12.8 Å². The summed E-state index contributed by atoms with van der Waals surface area (Å²) in [7, 11) is 1.91. The van der Waals surface area contributed by atoms with Crippen molar-refractivity contribution in [3.8, 4) is 0 Å². The van der Waals surface area contributed by atoms with Crippen LogP contribution in [0.5, 0.6) is 0 Å². The molecule has 2 rings (SSSR count). The van der Waals surface area contributed by atoms with Crippen molar-refractivity contribution in [2.75, 3.05) is 0 Å². The molecule has 1 aromatic heterocycles. The van der Waals surface area contributed by atoms with Crippen molar-refractivity contribution in [2.45, 2.75) is 18.9 Å². The van der Waals surface area contributed by atoms with Crippen LogP contribution in [0.4, 0.5) is 0 Å². The Bertz CT molecular complexity index is 586. The molecule has 4 heteroatoms. The third-order valence-electron chi connectivity index (χ3n) is 3.05. The number of hydrogen-bond acceptors (Lipinski definition) is 3. The second kappa shape index (κ2) is 5.14. The Morgan fingerprint density at radius 2 is 2.28 bits per heavy atom. The van der Waals surface area contributed by atoms with E-state index in [1.165, 1.54) is 0 Å². The molecule has 1 atom stereocenters. The molecule has 18 heavy (non-hydrogen) atoms. The van der Waals surface area contributed by atoms with Gasteiger partial charge in [-0.05, 0) is 18.6 Å². The fraction of sp³-hybridized carbons (Fsp3) is 0.286. The molecule has 1 unspecified atom stereocenters. The van der Waals surface area contributed by atoms with Crippen LogP contribution >= 0.6 is 0 Å². The lowest BCUT2D eigenvalue weighted by molar-refractivity contribution is -0.119. The van der Waals surface area contributed by atoms with Gasteiger partial charge in [-0.2, -0.15) is 0 Å². The maximum absolute atomic E-state index is 11.9. The number of carbonyl (C=O) groups excluding carboxylic acids is 1. The van der Waals surface area contributed by atoms with Gasteiger partial charge in [0.15, 0.2) is 5.78 Å². The van der Waals surface area contributed by atoms with Crippen LogP contribution in [0.15, 0.2) is 36.9 Å². The Morgan fingerprint density at radius 3 is 2.94 bits per heavy atom. The van der Waals surface area contributed by atoms with E-state index in [1.54, 1.807) is 6.08 Å². The lowest BCUT2D eigenvalue weighted by Crippen LogP contribution is -2.31. The van der Waals surface area contributed by atoms with Gasteiger partial charge >= 0.3 is 0 Å². The first-order valence-corrected chi connectivity index (χ1v) is 5.93. The zero-order valence-corrected chi connectivity index (χ0v) is 10.5. The SMILES string of the molecule is C=CCC(N)C(=O)Cc1nc2ccccc2n1C. The number of benzene rings is 1. The van der Waals surface area contributed by atoms with E-state index in [1.807, 2.05) is 35.9 Å². The zero-order valence-electron chi connectivity index (χ0n) is 10.5. The lowest BCUT2D eigenvalue weighted by Gasteiger charge is -2.07. The highest BCUT2D eigenvalue weighted by molar-refractivity contribution is 5.86. The van der Waals surface area contributed by atoms with Gasteiger partial charge in [-0.1, -0.05) is 18.2 Å². The highest BCUT2D eigenvalue weighted by atomic mass is 16.1. The fourth-order valence-electron chi connectivity index (χ4n) is 1.95. The molecule has 4 nitrogen and oxygen atoms in total. The minimum absolute atomic E-state index is 0.00620. The molecule has 0 aliphatic carbocycles. The summed E-state index contributed by atoms with van der Waals surface area (Å²) in [6, 6.07) is 7.33. The first-order valence-electron chi connectivity index (χ1n) is 5.93. The van der Waals surface area contributed by atoms with E-state index in [2.05, 4.69) is 11.6 Å². The molecule has 94 valence electrons. The molecule has 0 fully saturated rings. The van der Waals surface area contributed by atoms with Crippen molar-refractivity contribution >= 4 is 16.8 Å². The quantitative estimate of drug-likeness (QED) is 0.811. The van der Waals surface area contributed by atoms with Crippen LogP contribution in [0.3, 0.4) is 0 Å². The Labute approximate surface area is 106 Å². The third-order valence-corrected chi connectivity index (χ3v) is 3.05. The third kappa shape index (κ3) is 2.33. The molecule has 2 aromatic rings. The highest BCUT2D eigenvalue weighted by Gasteiger charge is 2.16. The number of imidazole rings is 1. The van der Waals surface area contributed by atoms with Crippen LogP contribution in [0.1, 0.15) is 12.2 Å². The molecule has 0 bridgehead atoms. The molecular weight excluding hydrogens is 226 g/mol. The second-order valence-electron chi connectivity index (χ2n) is 4.35. The van der Waals surface area contributed by atoms with E-state index < -0.39 is 6.04 Å². The van der Waals surface area contributed by atoms with E-state index in [0.717, 1.165) is 16.9 Å². The van der Waals surface area contributed by atoms with E-state index >= 15 is 0 Å². The molecule has 0 saturated heterocycles. The molecule has 0 aliphatic heterocycles. The predicted octanol–water partition coefficient (Wildman–Crippen LogP) is 1.59. The smallest absolute Gasteiger partial charge is 0.157 e. The van der Waals surface area contributed by atoms with E-state index in [9.17, 15) is 4.79 Å². The number of nitrogens with two attached hydrogens (primary N) is 1. The maximum atomic E-state index is 11.9. The summed E-state index contributed by atoms with van der Waals surface area (Å²) in [5.41, 5.74) is 7.69. The van der Waals surface area contributed by atoms with Crippen LogP contribution in [-0.4, -0.2) is 21.4 Å². The molecule has 0 radical (unpaired) electrons. The number of ketones is 1. The summed E-state index contributed by atoms with van der Waals surface area (Å²) in [6.07, 6.45) is 2.43. The van der Waals surface area contributed by atoms with E-state index in [4.69, 9.17) is 5.73 Å². The van der Waals surface area contributed by atoms with Crippen molar-refractivity contribution in [3.05, 3.63) is 42.7 Å². The van der Waals surface area contributed by atoms with Gasteiger partial charge in [-0.3, -0.25) is 4.79 Å². The Kier molecular flexibility index (Phi) is 3.58. The second-order valence-corrected chi connectivity index (χ2v) is 4.35. The number of rotatable bonds is 5. The van der Waals surface area contributed by atoms with E-state index in [0.29, 0.717) is 6.42 Å². The molecule has 0 aliphatic rings. The number of carbonyl (C=O) groups is 1. The predicted molar refractivity (Wildman–Crippen MR) is 72.2 cm³/mol. The van der Waals surface area contributed by atoms with Crippen molar-refractivity contribution in [3.63, 3.8) is 0 Å². The van der Waals surface area contributed by atoms with Gasteiger partial charge in [0.2, 0.25) is 0 Å². The molecule has 0 amide bonds. The van der Waals surface area contributed by atoms with Gasteiger partial charge in [-0.25, -0.2) is 4.98 Å². The minimum Gasteiger partial charge on any atom is -0.331 e. The summed E-state index contributed by atoms with van der Waals surface area (Å²) in [5, 5.41) is 0. The standard InChI is InChI=1S/C14H17N3O/c1-3-6-10(15)13(18)9-14-16-11-7-4-5-8-12(11)17(14)2/h3-5,7-8,10H,1,6,9,15H2,2H3. The van der Waals surface area contributed by atoms with Crippen LogP contribution in [0, 0.1) is 0 Å². The minimum atomic E-state index is -0.484. The molecule has 1 aromatic carbocycles. The van der Waals surface area contributed by atoms with Gasteiger partial charge in [-0.15, -0.1) is 6.58 Å². The maximum Gasteiger partial charge on any atom is 0.157 e. The molecular formula is C14H17N3O. The average Bonchev–Trinajstić information content (AvgIpc) is 2.67. The number of nitrogens with zero attached hydrogens (tertiary/aromatic N) is 2.